The zero-order valence-corrected chi connectivity index (χ0v) is 13.4. The Kier molecular flexibility index (Phi) is 6.65. The summed E-state index contributed by atoms with van der Waals surface area (Å²) in [5.74, 6) is 0.804. The molecule has 4 nitrogen and oxygen atoms in total. The summed E-state index contributed by atoms with van der Waals surface area (Å²) in [6, 6.07) is 9.46. The monoisotopic (exact) mass is 320 g/mol. The van der Waals surface area contributed by atoms with Crippen LogP contribution in [0, 0.1) is 0 Å². The molecule has 0 aliphatic rings. The summed E-state index contributed by atoms with van der Waals surface area (Å²) in [5, 5.41) is 13.2. The predicted octanol–water partition coefficient (Wildman–Crippen LogP) is 3.17. The van der Waals surface area contributed by atoms with E-state index < -0.39 is 0 Å². The lowest BCUT2D eigenvalue weighted by Gasteiger charge is -2.13. The Labute approximate surface area is 136 Å². The number of aliphatic hydroxyl groups is 1. The van der Waals surface area contributed by atoms with E-state index in [0.29, 0.717) is 24.6 Å². The molecular formula is C17H21ClN2O2. The number of pyridine rings is 1. The van der Waals surface area contributed by atoms with Crippen LogP contribution in [-0.4, -0.2) is 22.7 Å². The van der Waals surface area contributed by atoms with Crippen LogP contribution in [0.2, 0.25) is 5.02 Å². The first-order valence-electron chi connectivity index (χ1n) is 7.34. The molecule has 1 unspecified atom stereocenters. The molecular weight excluding hydrogens is 300 g/mol. The maximum absolute atomic E-state index is 9.27. The third-order valence-corrected chi connectivity index (χ3v) is 3.43. The van der Waals surface area contributed by atoms with E-state index in [-0.39, 0.29) is 6.10 Å². The molecule has 0 fully saturated rings. The molecule has 22 heavy (non-hydrogen) atoms. The van der Waals surface area contributed by atoms with Crippen LogP contribution in [0.1, 0.15) is 24.5 Å². The SMILES string of the molecule is CC(O)CCNCc1cc(Cl)ccc1OCc1cccnc1. The van der Waals surface area contributed by atoms with Gasteiger partial charge in [-0.2, -0.15) is 0 Å². The van der Waals surface area contributed by atoms with E-state index in [4.69, 9.17) is 16.3 Å². The fourth-order valence-corrected chi connectivity index (χ4v) is 2.20. The van der Waals surface area contributed by atoms with Gasteiger partial charge in [0.05, 0.1) is 6.10 Å². The van der Waals surface area contributed by atoms with Gasteiger partial charge in [-0.05, 0) is 44.2 Å². The number of benzene rings is 1. The number of nitrogens with one attached hydrogen (secondary N) is 1. The Bertz CT molecular complexity index is 576. The summed E-state index contributed by atoms with van der Waals surface area (Å²) in [5.41, 5.74) is 2.02. The fraction of sp³-hybridized carbons (Fsp3) is 0.353. The quantitative estimate of drug-likeness (QED) is 0.734. The lowest BCUT2D eigenvalue weighted by atomic mass is 10.2. The van der Waals surface area contributed by atoms with Crippen molar-refractivity contribution in [3.05, 3.63) is 58.9 Å². The number of nitrogens with zero attached hydrogens (tertiary/aromatic N) is 1. The van der Waals surface area contributed by atoms with Crippen molar-refractivity contribution in [3.8, 4) is 5.75 Å². The van der Waals surface area contributed by atoms with Gasteiger partial charge in [-0.3, -0.25) is 4.98 Å². The van der Waals surface area contributed by atoms with Gasteiger partial charge in [-0.25, -0.2) is 0 Å². The normalized spacial score (nSPS) is 12.1. The standard InChI is InChI=1S/C17H21ClN2O2/c1-13(21)6-8-20-11-15-9-16(18)4-5-17(15)22-12-14-3-2-7-19-10-14/h2-5,7,9-10,13,20-21H,6,8,11-12H2,1H3. The number of hydrogen-bond acceptors (Lipinski definition) is 4. The first-order valence-corrected chi connectivity index (χ1v) is 7.72. The van der Waals surface area contributed by atoms with Gasteiger partial charge < -0.3 is 15.2 Å². The zero-order valence-electron chi connectivity index (χ0n) is 12.6. The summed E-state index contributed by atoms with van der Waals surface area (Å²) in [4.78, 5) is 4.07. The van der Waals surface area contributed by atoms with Crippen molar-refractivity contribution in [2.45, 2.75) is 32.6 Å². The van der Waals surface area contributed by atoms with Crippen LogP contribution in [0.15, 0.2) is 42.7 Å². The van der Waals surface area contributed by atoms with Gasteiger partial charge in [0, 0.05) is 35.1 Å². The maximum Gasteiger partial charge on any atom is 0.124 e. The van der Waals surface area contributed by atoms with Crippen molar-refractivity contribution >= 4 is 11.6 Å². The molecule has 0 amide bonds. The van der Waals surface area contributed by atoms with Gasteiger partial charge in [0.1, 0.15) is 12.4 Å². The van der Waals surface area contributed by atoms with Crippen molar-refractivity contribution < 1.29 is 9.84 Å². The molecule has 0 saturated carbocycles. The van der Waals surface area contributed by atoms with Gasteiger partial charge in [0.15, 0.2) is 0 Å². The molecule has 118 valence electrons. The summed E-state index contributed by atoms with van der Waals surface area (Å²) >= 11 is 6.06. The number of halogens is 1. The Balaban J connectivity index is 1.94. The van der Waals surface area contributed by atoms with Crippen LogP contribution in [0.5, 0.6) is 5.75 Å². The van der Waals surface area contributed by atoms with E-state index in [9.17, 15) is 5.11 Å². The molecule has 0 aliphatic carbocycles. The van der Waals surface area contributed by atoms with Crippen molar-refractivity contribution in [1.29, 1.82) is 0 Å². The Morgan fingerprint density at radius 2 is 2.23 bits per heavy atom. The molecule has 1 aromatic heterocycles. The van der Waals surface area contributed by atoms with Crippen LogP contribution >= 0.6 is 11.6 Å². The molecule has 5 heteroatoms. The molecule has 2 aromatic rings. The number of hydrogen-bond donors (Lipinski definition) is 2. The average molecular weight is 321 g/mol. The van der Waals surface area contributed by atoms with Crippen molar-refractivity contribution in [2.24, 2.45) is 0 Å². The summed E-state index contributed by atoms with van der Waals surface area (Å²) in [7, 11) is 0. The smallest absolute Gasteiger partial charge is 0.124 e. The highest BCUT2D eigenvalue weighted by atomic mass is 35.5. The average Bonchev–Trinajstić information content (AvgIpc) is 2.51. The minimum absolute atomic E-state index is 0.298. The predicted molar refractivity (Wildman–Crippen MR) is 88.0 cm³/mol. The molecule has 0 spiro atoms. The highest BCUT2D eigenvalue weighted by molar-refractivity contribution is 6.30. The number of aliphatic hydroxyl groups excluding tert-OH is 1. The molecule has 2 rings (SSSR count). The van der Waals surface area contributed by atoms with Gasteiger partial charge in [-0.1, -0.05) is 17.7 Å². The second kappa shape index (κ2) is 8.73. The molecule has 2 N–H and O–H groups in total. The number of ether oxygens (including phenoxy) is 1. The second-order valence-corrected chi connectivity index (χ2v) is 5.65. The largest absolute Gasteiger partial charge is 0.489 e. The van der Waals surface area contributed by atoms with Crippen molar-refractivity contribution in [2.75, 3.05) is 6.54 Å². The Morgan fingerprint density at radius 3 is 2.95 bits per heavy atom. The third kappa shape index (κ3) is 5.64. The van der Waals surface area contributed by atoms with Gasteiger partial charge in [0.2, 0.25) is 0 Å². The van der Waals surface area contributed by atoms with Crippen LogP contribution in [-0.2, 0) is 13.2 Å². The number of aromatic nitrogens is 1. The Morgan fingerprint density at radius 1 is 1.36 bits per heavy atom. The van der Waals surface area contributed by atoms with E-state index in [1.807, 2.05) is 30.3 Å². The summed E-state index contributed by atoms with van der Waals surface area (Å²) < 4.78 is 5.87. The van der Waals surface area contributed by atoms with E-state index >= 15 is 0 Å². The van der Waals surface area contributed by atoms with Crippen LogP contribution in [0.25, 0.3) is 0 Å². The first-order chi connectivity index (χ1) is 10.6. The minimum Gasteiger partial charge on any atom is -0.489 e. The molecule has 0 aliphatic heterocycles. The van der Waals surface area contributed by atoms with E-state index in [1.54, 1.807) is 19.3 Å². The van der Waals surface area contributed by atoms with Gasteiger partial charge >= 0.3 is 0 Å². The lowest BCUT2D eigenvalue weighted by Crippen LogP contribution is -2.19. The summed E-state index contributed by atoms with van der Waals surface area (Å²) in [6.45, 7) is 3.64. The summed E-state index contributed by atoms with van der Waals surface area (Å²) in [6.07, 6.45) is 3.94. The van der Waals surface area contributed by atoms with Crippen molar-refractivity contribution in [3.63, 3.8) is 0 Å². The molecule has 1 atom stereocenters. The molecule has 0 radical (unpaired) electrons. The molecule has 1 aromatic carbocycles. The Hall–Kier alpha value is -1.62. The van der Waals surface area contributed by atoms with Crippen LogP contribution in [0.4, 0.5) is 0 Å². The topological polar surface area (TPSA) is 54.4 Å². The molecule has 1 heterocycles. The fourth-order valence-electron chi connectivity index (χ4n) is 2.01. The van der Waals surface area contributed by atoms with Crippen molar-refractivity contribution in [1.82, 2.24) is 10.3 Å². The highest BCUT2D eigenvalue weighted by Crippen LogP contribution is 2.23. The minimum atomic E-state index is -0.298. The van der Waals surface area contributed by atoms with E-state index in [1.165, 1.54) is 0 Å². The lowest BCUT2D eigenvalue weighted by molar-refractivity contribution is 0.183. The number of rotatable bonds is 8. The van der Waals surface area contributed by atoms with Gasteiger partial charge in [0.25, 0.3) is 0 Å². The second-order valence-electron chi connectivity index (χ2n) is 5.22. The zero-order chi connectivity index (χ0) is 15.8. The van der Waals surface area contributed by atoms with Crippen LogP contribution in [0.3, 0.4) is 0 Å². The molecule has 0 saturated heterocycles. The maximum atomic E-state index is 9.27. The van der Waals surface area contributed by atoms with E-state index in [2.05, 4.69) is 10.3 Å². The third-order valence-electron chi connectivity index (χ3n) is 3.19. The highest BCUT2D eigenvalue weighted by Gasteiger charge is 2.06. The van der Waals surface area contributed by atoms with Gasteiger partial charge in [-0.15, -0.1) is 0 Å². The van der Waals surface area contributed by atoms with E-state index in [0.717, 1.165) is 23.4 Å². The first kappa shape index (κ1) is 16.7. The van der Waals surface area contributed by atoms with Crippen LogP contribution < -0.4 is 10.1 Å². The molecule has 0 bridgehead atoms.